The van der Waals surface area contributed by atoms with Crippen LogP contribution in [0.25, 0.3) is 0 Å². The molecule has 0 saturated heterocycles. The Morgan fingerprint density at radius 1 is 1.26 bits per heavy atom. The molecule has 1 aliphatic carbocycles. The molecule has 0 radical (unpaired) electrons. The maximum absolute atomic E-state index is 12.4. The van der Waals surface area contributed by atoms with Crippen molar-refractivity contribution in [1.82, 2.24) is 9.03 Å². The molecule has 0 spiro atoms. The topological polar surface area (TPSA) is 75.4 Å². The Balaban J connectivity index is 2.70. The van der Waals surface area contributed by atoms with Crippen LogP contribution in [-0.2, 0) is 10.2 Å². The van der Waals surface area contributed by atoms with Gasteiger partial charge in [0.25, 0.3) is 10.2 Å². The van der Waals surface area contributed by atoms with Gasteiger partial charge in [0, 0.05) is 25.2 Å². The third-order valence-corrected chi connectivity index (χ3v) is 5.20. The van der Waals surface area contributed by atoms with Gasteiger partial charge in [0.1, 0.15) is 0 Å². The van der Waals surface area contributed by atoms with E-state index in [0.29, 0.717) is 19.0 Å². The Kier molecular flexibility index (Phi) is 6.73. The molecule has 6 heteroatoms. The van der Waals surface area contributed by atoms with Crippen molar-refractivity contribution in [2.24, 2.45) is 11.7 Å². The molecule has 5 nitrogen and oxygen atoms in total. The molecule has 0 aromatic heterocycles. The number of hydrogen-bond acceptors (Lipinski definition) is 3. The minimum atomic E-state index is -3.35. The van der Waals surface area contributed by atoms with E-state index in [0.717, 1.165) is 32.1 Å². The van der Waals surface area contributed by atoms with E-state index >= 15 is 0 Å². The largest absolute Gasteiger partial charge is 0.328 e. The van der Waals surface area contributed by atoms with Gasteiger partial charge < -0.3 is 5.73 Å². The third kappa shape index (κ3) is 5.38. The van der Waals surface area contributed by atoms with Crippen LogP contribution in [0.5, 0.6) is 0 Å². The molecule has 0 aromatic rings. The summed E-state index contributed by atoms with van der Waals surface area (Å²) >= 11 is 0. The van der Waals surface area contributed by atoms with Crippen molar-refractivity contribution in [2.75, 3.05) is 13.1 Å². The molecule has 0 aliphatic heterocycles. The highest BCUT2D eigenvalue weighted by atomic mass is 32.2. The first-order valence-electron chi connectivity index (χ1n) is 7.38. The first kappa shape index (κ1) is 16.9. The second kappa shape index (κ2) is 7.57. The first-order valence-corrected chi connectivity index (χ1v) is 8.82. The second-order valence-electron chi connectivity index (χ2n) is 5.93. The summed E-state index contributed by atoms with van der Waals surface area (Å²) in [5.74, 6) is 0.318. The van der Waals surface area contributed by atoms with E-state index in [1.165, 1.54) is 0 Å². The van der Waals surface area contributed by atoms with Crippen LogP contribution < -0.4 is 10.5 Å². The Morgan fingerprint density at radius 3 is 2.32 bits per heavy atom. The van der Waals surface area contributed by atoms with Gasteiger partial charge in [-0.3, -0.25) is 0 Å². The quantitative estimate of drug-likeness (QED) is 0.745. The minimum absolute atomic E-state index is 0.115. The molecule has 114 valence electrons. The SMILES string of the molecule is CCCN(C1CCC(N)CC1)S(=O)(=O)NCC(C)C. The fourth-order valence-corrected chi connectivity index (χ4v) is 4.20. The molecule has 0 heterocycles. The van der Waals surface area contributed by atoms with Crippen LogP contribution in [0.2, 0.25) is 0 Å². The molecule has 0 unspecified atom stereocenters. The first-order chi connectivity index (χ1) is 8.86. The van der Waals surface area contributed by atoms with Crippen molar-refractivity contribution in [3.05, 3.63) is 0 Å². The molecule has 0 amide bonds. The summed E-state index contributed by atoms with van der Waals surface area (Å²) in [5.41, 5.74) is 5.89. The average Bonchev–Trinajstić information content (AvgIpc) is 2.35. The second-order valence-corrected chi connectivity index (χ2v) is 7.63. The lowest BCUT2D eigenvalue weighted by atomic mass is 9.92. The van der Waals surface area contributed by atoms with Crippen LogP contribution >= 0.6 is 0 Å². The van der Waals surface area contributed by atoms with Crippen molar-refractivity contribution >= 4 is 10.2 Å². The Hall–Kier alpha value is -0.170. The van der Waals surface area contributed by atoms with Gasteiger partial charge in [-0.15, -0.1) is 0 Å². The standard InChI is InChI=1S/C13H29N3O2S/c1-4-9-16(13-7-5-12(14)6-8-13)19(17,18)15-10-11(2)3/h11-13,15H,4-10,14H2,1-3H3. The smallest absolute Gasteiger partial charge is 0.279 e. The van der Waals surface area contributed by atoms with Gasteiger partial charge in [-0.1, -0.05) is 20.8 Å². The van der Waals surface area contributed by atoms with Crippen molar-refractivity contribution in [2.45, 2.75) is 65.0 Å². The number of hydrogen-bond donors (Lipinski definition) is 2. The minimum Gasteiger partial charge on any atom is -0.328 e. The maximum atomic E-state index is 12.4. The molecule has 19 heavy (non-hydrogen) atoms. The lowest BCUT2D eigenvalue weighted by Crippen LogP contribution is -2.49. The van der Waals surface area contributed by atoms with Crippen LogP contribution in [-0.4, -0.2) is 37.9 Å². The monoisotopic (exact) mass is 291 g/mol. The number of rotatable bonds is 7. The molecular weight excluding hydrogens is 262 g/mol. The summed E-state index contributed by atoms with van der Waals surface area (Å²) in [5, 5.41) is 0. The molecule has 1 aliphatic rings. The fraction of sp³-hybridized carbons (Fsp3) is 1.00. The van der Waals surface area contributed by atoms with Crippen molar-refractivity contribution < 1.29 is 8.42 Å². The van der Waals surface area contributed by atoms with Gasteiger partial charge in [-0.05, 0) is 38.0 Å². The van der Waals surface area contributed by atoms with Crippen molar-refractivity contribution in [1.29, 1.82) is 0 Å². The van der Waals surface area contributed by atoms with E-state index in [4.69, 9.17) is 5.73 Å². The molecule has 1 rings (SSSR count). The molecule has 0 aromatic carbocycles. The van der Waals surface area contributed by atoms with Crippen molar-refractivity contribution in [3.8, 4) is 0 Å². The summed E-state index contributed by atoms with van der Waals surface area (Å²) in [6, 6.07) is 0.357. The summed E-state index contributed by atoms with van der Waals surface area (Å²) in [4.78, 5) is 0. The van der Waals surface area contributed by atoms with Gasteiger partial charge in [0.15, 0.2) is 0 Å². The predicted octanol–water partition coefficient (Wildman–Crippen LogP) is 1.46. The van der Waals surface area contributed by atoms with Crippen LogP contribution in [0.3, 0.4) is 0 Å². The normalized spacial score (nSPS) is 25.2. The molecule has 0 bridgehead atoms. The number of nitrogens with two attached hydrogens (primary N) is 1. The van der Waals surface area contributed by atoms with Crippen LogP contribution in [0, 0.1) is 5.92 Å². The Morgan fingerprint density at radius 2 is 1.84 bits per heavy atom. The number of nitrogens with zero attached hydrogens (tertiary/aromatic N) is 1. The lowest BCUT2D eigenvalue weighted by Gasteiger charge is -2.35. The van der Waals surface area contributed by atoms with E-state index < -0.39 is 10.2 Å². The van der Waals surface area contributed by atoms with Crippen molar-refractivity contribution in [3.63, 3.8) is 0 Å². The lowest BCUT2D eigenvalue weighted by molar-refractivity contribution is 0.237. The maximum Gasteiger partial charge on any atom is 0.279 e. The molecule has 3 N–H and O–H groups in total. The third-order valence-electron chi connectivity index (χ3n) is 3.58. The summed E-state index contributed by atoms with van der Waals surface area (Å²) in [6.45, 7) is 7.11. The Bertz CT molecular complexity index is 349. The zero-order valence-electron chi connectivity index (χ0n) is 12.4. The zero-order valence-corrected chi connectivity index (χ0v) is 13.2. The molecule has 1 saturated carbocycles. The Labute approximate surface area is 118 Å². The van der Waals surface area contributed by atoms with Crippen LogP contribution in [0.4, 0.5) is 0 Å². The van der Waals surface area contributed by atoms with Crippen LogP contribution in [0.1, 0.15) is 52.9 Å². The fourth-order valence-electron chi connectivity index (χ4n) is 2.46. The van der Waals surface area contributed by atoms with Crippen LogP contribution in [0.15, 0.2) is 0 Å². The summed E-state index contributed by atoms with van der Waals surface area (Å²) in [7, 11) is -3.35. The summed E-state index contributed by atoms with van der Waals surface area (Å²) in [6.07, 6.45) is 4.44. The molecular formula is C13H29N3O2S. The predicted molar refractivity (Wildman–Crippen MR) is 79.0 cm³/mol. The van der Waals surface area contributed by atoms with Gasteiger partial charge in [-0.2, -0.15) is 12.7 Å². The van der Waals surface area contributed by atoms with Gasteiger partial charge >= 0.3 is 0 Å². The highest BCUT2D eigenvalue weighted by Gasteiger charge is 2.31. The summed E-state index contributed by atoms with van der Waals surface area (Å²) < 4.78 is 29.2. The molecule has 1 fully saturated rings. The zero-order chi connectivity index (χ0) is 14.5. The highest BCUT2D eigenvalue weighted by molar-refractivity contribution is 7.87. The van der Waals surface area contributed by atoms with Gasteiger partial charge in [0.05, 0.1) is 0 Å². The van der Waals surface area contributed by atoms with E-state index in [2.05, 4.69) is 4.72 Å². The van der Waals surface area contributed by atoms with E-state index in [-0.39, 0.29) is 12.1 Å². The number of nitrogens with one attached hydrogen (secondary N) is 1. The van der Waals surface area contributed by atoms with E-state index in [1.807, 2.05) is 20.8 Å². The van der Waals surface area contributed by atoms with E-state index in [1.54, 1.807) is 4.31 Å². The average molecular weight is 291 g/mol. The van der Waals surface area contributed by atoms with Gasteiger partial charge in [0.2, 0.25) is 0 Å². The van der Waals surface area contributed by atoms with E-state index in [9.17, 15) is 8.42 Å². The molecule has 0 atom stereocenters. The highest BCUT2D eigenvalue weighted by Crippen LogP contribution is 2.24. The van der Waals surface area contributed by atoms with Gasteiger partial charge in [-0.25, -0.2) is 4.72 Å².